The summed E-state index contributed by atoms with van der Waals surface area (Å²) in [6.07, 6.45) is 6.70. The van der Waals surface area contributed by atoms with E-state index in [-0.39, 0.29) is 35.9 Å². The second kappa shape index (κ2) is 11.6. The van der Waals surface area contributed by atoms with Gasteiger partial charge in [0.2, 0.25) is 23.4 Å². The van der Waals surface area contributed by atoms with Crippen LogP contribution in [-0.2, 0) is 9.59 Å². The van der Waals surface area contributed by atoms with Crippen LogP contribution in [0.25, 0.3) is 0 Å². The molecule has 35 heavy (non-hydrogen) atoms. The topological polar surface area (TPSA) is 111 Å². The SMILES string of the molecule is O=CN(O)C[C@@H](CC1CCCC1)C(=O)NNc1nc(Cl)nc(N2CCC[C@H]2c2ccccc2)c1F. The average Bonchev–Trinajstić information content (AvgIpc) is 3.56. The van der Waals surface area contributed by atoms with Gasteiger partial charge in [-0.25, -0.2) is 5.06 Å². The van der Waals surface area contributed by atoms with E-state index in [1.54, 1.807) is 0 Å². The predicted molar refractivity (Wildman–Crippen MR) is 129 cm³/mol. The highest BCUT2D eigenvalue weighted by molar-refractivity contribution is 6.28. The maximum atomic E-state index is 15.5. The van der Waals surface area contributed by atoms with Crippen molar-refractivity contribution in [2.75, 3.05) is 23.4 Å². The number of carbonyl (C=O) groups excluding carboxylic acids is 2. The molecule has 0 unspecified atom stereocenters. The van der Waals surface area contributed by atoms with E-state index in [9.17, 15) is 14.8 Å². The molecule has 11 heteroatoms. The van der Waals surface area contributed by atoms with Gasteiger partial charge in [0.1, 0.15) is 0 Å². The molecule has 2 amide bonds. The summed E-state index contributed by atoms with van der Waals surface area (Å²) >= 11 is 6.13. The molecular formula is C24H30ClFN6O3. The summed E-state index contributed by atoms with van der Waals surface area (Å²) in [7, 11) is 0. The molecule has 1 saturated carbocycles. The molecule has 0 bridgehead atoms. The first-order valence-corrected chi connectivity index (χ1v) is 12.4. The minimum atomic E-state index is -0.721. The lowest BCUT2D eigenvalue weighted by Crippen LogP contribution is -2.41. The van der Waals surface area contributed by atoms with Crippen LogP contribution < -0.4 is 15.8 Å². The van der Waals surface area contributed by atoms with Crippen molar-refractivity contribution in [3.63, 3.8) is 0 Å². The van der Waals surface area contributed by atoms with Crippen molar-refractivity contribution < 1.29 is 19.2 Å². The highest BCUT2D eigenvalue weighted by atomic mass is 35.5. The number of carbonyl (C=O) groups is 2. The first kappa shape index (κ1) is 25.1. The Kier molecular flexibility index (Phi) is 8.35. The molecule has 1 saturated heterocycles. The summed E-state index contributed by atoms with van der Waals surface area (Å²) in [5.74, 6) is -1.70. The molecule has 1 aliphatic heterocycles. The third kappa shape index (κ3) is 6.18. The maximum Gasteiger partial charge on any atom is 0.243 e. The molecule has 2 atom stereocenters. The number of hydroxylamine groups is 2. The number of hydrogen-bond acceptors (Lipinski definition) is 7. The van der Waals surface area contributed by atoms with Crippen molar-refractivity contribution >= 4 is 35.6 Å². The molecular weight excluding hydrogens is 475 g/mol. The van der Waals surface area contributed by atoms with E-state index in [1.807, 2.05) is 35.2 Å². The number of aromatic nitrogens is 2. The quantitative estimate of drug-likeness (QED) is 0.193. The first-order valence-electron chi connectivity index (χ1n) is 12.0. The van der Waals surface area contributed by atoms with Crippen LogP contribution >= 0.6 is 11.6 Å². The highest BCUT2D eigenvalue weighted by Gasteiger charge is 2.31. The van der Waals surface area contributed by atoms with Crippen molar-refractivity contribution in [2.24, 2.45) is 11.8 Å². The maximum absolute atomic E-state index is 15.5. The van der Waals surface area contributed by atoms with E-state index in [0.717, 1.165) is 44.1 Å². The number of halogens is 2. The zero-order valence-electron chi connectivity index (χ0n) is 19.4. The van der Waals surface area contributed by atoms with Gasteiger partial charge in [-0.05, 0) is 42.3 Å². The molecule has 4 rings (SSSR count). The highest BCUT2D eigenvalue weighted by Crippen LogP contribution is 2.38. The number of hydrogen-bond donors (Lipinski definition) is 3. The Bertz CT molecular complexity index is 1020. The van der Waals surface area contributed by atoms with Gasteiger partial charge in [0.05, 0.1) is 18.5 Å². The Morgan fingerprint density at radius 1 is 1.23 bits per heavy atom. The minimum absolute atomic E-state index is 0.0474. The van der Waals surface area contributed by atoms with Crippen LogP contribution in [0.15, 0.2) is 30.3 Å². The predicted octanol–water partition coefficient (Wildman–Crippen LogP) is 4.10. The van der Waals surface area contributed by atoms with E-state index < -0.39 is 17.6 Å². The fourth-order valence-electron chi connectivity index (χ4n) is 5.13. The van der Waals surface area contributed by atoms with Gasteiger partial charge in [-0.15, -0.1) is 0 Å². The van der Waals surface area contributed by atoms with Gasteiger partial charge in [0.15, 0.2) is 11.6 Å². The van der Waals surface area contributed by atoms with Gasteiger partial charge in [-0.3, -0.25) is 25.6 Å². The standard InChI is InChI=1S/C24H30ClFN6O3/c25-24-27-21(29-30-23(34)18(14-31(35)15-33)13-16-7-4-5-8-16)20(26)22(28-24)32-12-6-11-19(32)17-9-2-1-3-10-17/h1-3,9-10,15-16,18-19,35H,4-8,11-14H2,(H,30,34)(H,27,28,29)/t18-,19+/m1/s1. The molecule has 0 radical (unpaired) electrons. The van der Waals surface area contributed by atoms with Gasteiger partial charge in [0.25, 0.3) is 0 Å². The van der Waals surface area contributed by atoms with Crippen molar-refractivity contribution in [2.45, 2.75) is 51.0 Å². The second-order valence-electron chi connectivity index (χ2n) is 9.17. The van der Waals surface area contributed by atoms with Gasteiger partial charge >= 0.3 is 0 Å². The summed E-state index contributed by atoms with van der Waals surface area (Å²) in [6, 6.07) is 9.76. The summed E-state index contributed by atoms with van der Waals surface area (Å²) in [6.45, 7) is 0.454. The van der Waals surface area contributed by atoms with Crippen LogP contribution in [-0.4, -0.2) is 45.6 Å². The van der Waals surface area contributed by atoms with E-state index in [2.05, 4.69) is 20.8 Å². The fraction of sp³-hybridized carbons (Fsp3) is 0.500. The lowest BCUT2D eigenvalue weighted by molar-refractivity contribution is -0.154. The van der Waals surface area contributed by atoms with Crippen molar-refractivity contribution in [3.05, 3.63) is 47.0 Å². The molecule has 1 aromatic carbocycles. The lowest BCUT2D eigenvalue weighted by Gasteiger charge is -2.27. The number of nitrogens with zero attached hydrogens (tertiary/aromatic N) is 4. The van der Waals surface area contributed by atoms with E-state index in [4.69, 9.17) is 11.6 Å². The molecule has 3 N–H and O–H groups in total. The molecule has 2 fully saturated rings. The van der Waals surface area contributed by atoms with Crippen LogP contribution in [0.3, 0.4) is 0 Å². The molecule has 1 aromatic heterocycles. The van der Waals surface area contributed by atoms with Crippen LogP contribution in [0.1, 0.15) is 56.6 Å². The summed E-state index contributed by atoms with van der Waals surface area (Å²) in [4.78, 5) is 33.7. The number of hydrazine groups is 1. The van der Waals surface area contributed by atoms with Gasteiger partial charge in [-0.2, -0.15) is 14.4 Å². The van der Waals surface area contributed by atoms with E-state index >= 15 is 4.39 Å². The van der Waals surface area contributed by atoms with Crippen LogP contribution in [0.2, 0.25) is 5.28 Å². The summed E-state index contributed by atoms with van der Waals surface area (Å²) < 4.78 is 15.5. The number of benzene rings is 1. The molecule has 1 aliphatic carbocycles. The molecule has 0 spiro atoms. The zero-order valence-corrected chi connectivity index (χ0v) is 20.1. The molecule has 2 heterocycles. The summed E-state index contributed by atoms with van der Waals surface area (Å²) in [5, 5.41) is 9.96. The monoisotopic (exact) mass is 504 g/mol. The van der Waals surface area contributed by atoms with E-state index in [1.165, 1.54) is 0 Å². The fourth-order valence-corrected chi connectivity index (χ4v) is 5.29. The van der Waals surface area contributed by atoms with Gasteiger partial charge < -0.3 is 4.90 Å². The average molecular weight is 505 g/mol. The second-order valence-corrected chi connectivity index (χ2v) is 9.50. The summed E-state index contributed by atoms with van der Waals surface area (Å²) in [5.41, 5.74) is 6.08. The van der Waals surface area contributed by atoms with Crippen molar-refractivity contribution in [3.8, 4) is 0 Å². The van der Waals surface area contributed by atoms with Gasteiger partial charge in [-0.1, -0.05) is 56.0 Å². The Balaban J connectivity index is 1.49. The molecule has 9 nitrogen and oxygen atoms in total. The van der Waals surface area contributed by atoms with Crippen molar-refractivity contribution in [1.82, 2.24) is 20.5 Å². The normalized spacial score (nSPS) is 18.9. The largest absolute Gasteiger partial charge is 0.347 e. The number of rotatable bonds is 10. The Labute approximate surface area is 208 Å². The Morgan fingerprint density at radius 2 is 1.97 bits per heavy atom. The third-order valence-electron chi connectivity index (χ3n) is 6.81. The van der Waals surface area contributed by atoms with Crippen molar-refractivity contribution in [1.29, 1.82) is 0 Å². The van der Waals surface area contributed by atoms with Crippen LogP contribution in [0.5, 0.6) is 0 Å². The van der Waals surface area contributed by atoms with E-state index in [0.29, 0.717) is 23.9 Å². The van der Waals surface area contributed by atoms with Crippen LogP contribution in [0.4, 0.5) is 16.0 Å². The lowest BCUT2D eigenvalue weighted by atomic mass is 9.92. The number of nitrogens with one attached hydrogen (secondary N) is 2. The van der Waals surface area contributed by atoms with Crippen LogP contribution in [0, 0.1) is 17.7 Å². The third-order valence-corrected chi connectivity index (χ3v) is 6.98. The Hall–Kier alpha value is -2.98. The molecule has 2 aliphatic rings. The number of amides is 2. The minimum Gasteiger partial charge on any atom is -0.347 e. The Morgan fingerprint density at radius 3 is 2.69 bits per heavy atom. The smallest absolute Gasteiger partial charge is 0.243 e. The molecule has 188 valence electrons. The van der Waals surface area contributed by atoms with Gasteiger partial charge in [0, 0.05) is 6.54 Å². The molecule has 2 aromatic rings. The number of anilines is 2. The zero-order chi connectivity index (χ0) is 24.8. The first-order chi connectivity index (χ1) is 17.0.